The monoisotopic (exact) mass is 411 g/mol. The van der Waals surface area contributed by atoms with Gasteiger partial charge in [0.1, 0.15) is 18.3 Å². The van der Waals surface area contributed by atoms with Gasteiger partial charge < -0.3 is 14.4 Å². The summed E-state index contributed by atoms with van der Waals surface area (Å²) in [6, 6.07) is 16.3. The minimum atomic E-state index is -0.0759. The van der Waals surface area contributed by atoms with Gasteiger partial charge in [-0.2, -0.15) is 0 Å². The van der Waals surface area contributed by atoms with Crippen molar-refractivity contribution in [3.63, 3.8) is 0 Å². The highest BCUT2D eigenvalue weighted by Gasteiger charge is 2.26. The average Bonchev–Trinajstić information content (AvgIpc) is 3.42. The van der Waals surface area contributed by atoms with Crippen molar-refractivity contribution >= 4 is 17.4 Å². The zero-order valence-corrected chi connectivity index (χ0v) is 17.6. The number of thioether (sulfide) groups is 1. The molecule has 152 valence electrons. The van der Waals surface area contributed by atoms with Crippen LogP contribution >= 0.6 is 11.8 Å². The molecule has 1 aliphatic rings. The number of benzene rings is 2. The van der Waals surface area contributed by atoms with Crippen LogP contribution in [0.2, 0.25) is 0 Å². The summed E-state index contributed by atoms with van der Waals surface area (Å²) in [5, 5.41) is 12.6. The van der Waals surface area contributed by atoms with Gasteiger partial charge in [0.05, 0.1) is 18.9 Å². The summed E-state index contributed by atoms with van der Waals surface area (Å²) in [7, 11) is 5.74. The average molecular weight is 412 g/mol. The van der Waals surface area contributed by atoms with Crippen LogP contribution in [0.5, 0.6) is 5.75 Å². The van der Waals surface area contributed by atoms with E-state index in [1.165, 1.54) is 5.69 Å². The first kappa shape index (κ1) is 19.8. The summed E-state index contributed by atoms with van der Waals surface area (Å²) in [5.41, 5.74) is 3.29. The number of aromatic nitrogens is 3. The van der Waals surface area contributed by atoms with E-state index < -0.39 is 0 Å². The lowest BCUT2D eigenvalue weighted by molar-refractivity contribution is 0.0534. The Hall–Kier alpha value is -2.55. The summed E-state index contributed by atoms with van der Waals surface area (Å²) in [6.07, 6.45) is 1.75. The van der Waals surface area contributed by atoms with E-state index in [0.29, 0.717) is 0 Å². The molecule has 1 aromatic heterocycles. The summed E-state index contributed by atoms with van der Waals surface area (Å²) < 4.78 is 13.5. The van der Waals surface area contributed by atoms with E-state index in [1.54, 1.807) is 25.2 Å². The second kappa shape index (κ2) is 8.86. The third-order valence-corrected chi connectivity index (χ3v) is 5.89. The number of anilines is 1. The fraction of sp³-hybridized carbons (Fsp3) is 0.333. The van der Waals surface area contributed by atoms with Gasteiger partial charge in [-0.3, -0.25) is 9.88 Å². The number of rotatable bonds is 7. The predicted octanol–water partition coefficient (Wildman–Crippen LogP) is 3.12. The third kappa shape index (κ3) is 4.55. The van der Waals surface area contributed by atoms with Gasteiger partial charge in [0.15, 0.2) is 5.16 Å². The maximum Gasteiger partial charge on any atom is 0.195 e. The minimum absolute atomic E-state index is 0.0759. The lowest BCUT2D eigenvalue weighted by Crippen LogP contribution is -2.17. The zero-order valence-electron chi connectivity index (χ0n) is 16.8. The van der Waals surface area contributed by atoms with Crippen molar-refractivity contribution in [3.8, 4) is 11.4 Å². The Labute approximate surface area is 175 Å². The number of nitrogens with zero attached hydrogens (tertiary/aromatic N) is 4. The van der Waals surface area contributed by atoms with Gasteiger partial charge in [0.25, 0.3) is 0 Å². The number of hydrogen-bond acceptors (Lipinski definition) is 7. The molecular weight excluding hydrogens is 386 g/mol. The quantitative estimate of drug-likeness (QED) is 0.599. The van der Waals surface area contributed by atoms with E-state index in [1.807, 2.05) is 42.9 Å². The van der Waals surface area contributed by atoms with Crippen LogP contribution in [-0.2, 0) is 4.74 Å². The molecule has 0 saturated carbocycles. The van der Waals surface area contributed by atoms with E-state index in [-0.39, 0.29) is 12.3 Å². The Morgan fingerprint density at radius 3 is 2.83 bits per heavy atom. The van der Waals surface area contributed by atoms with Gasteiger partial charge in [-0.25, -0.2) is 0 Å². The smallest absolute Gasteiger partial charge is 0.195 e. The largest absolute Gasteiger partial charge is 0.497 e. The molecule has 29 heavy (non-hydrogen) atoms. The predicted molar refractivity (Wildman–Crippen MR) is 115 cm³/mol. The van der Waals surface area contributed by atoms with E-state index >= 15 is 0 Å². The van der Waals surface area contributed by atoms with E-state index in [9.17, 15) is 0 Å². The maximum absolute atomic E-state index is 6.21. The molecule has 0 amide bonds. The second-order valence-electron chi connectivity index (χ2n) is 7.03. The lowest BCUT2D eigenvalue weighted by atomic mass is 10.2. The molecule has 0 radical (unpaired) electrons. The van der Waals surface area contributed by atoms with Crippen LogP contribution in [0.25, 0.3) is 5.69 Å². The van der Waals surface area contributed by atoms with Gasteiger partial charge in [-0.1, -0.05) is 30.0 Å². The van der Waals surface area contributed by atoms with Crippen molar-refractivity contribution in [2.45, 2.75) is 17.5 Å². The minimum Gasteiger partial charge on any atom is -0.497 e. The molecule has 0 bridgehead atoms. The summed E-state index contributed by atoms with van der Waals surface area (Å²) >= 11 is 1.64. The van der Waals surface area contributed by atoms with E-state index in [0.717, 1.165) is 34.5 Å². The topological polar surface area (TPSA) is 64.4 Å². The van der Waals surface area contributed by atoms with Crippen LogP contribution in [0.3, 0.4) is 0 Å². The van der Waals surface area contributed by atoms with Crippen LogP contribution in [0.4, 0.5) is 5.69 Å². The summed E-state index contributed by atoms with van der Waals surface area (Å²) in [4.78, 5) is 2.09. The molecular formula is C21H25N5O2S. The highest BCUT2D eigenvalue weighted by molar-refractivity contribution is 7.99. The normalized spacial score (nSPS) is 18.7. The second-order valence-corrected chi connectivity index (χ2v) is 8.02. The van der Waals surface area contributed by atoms with Crippen LogP contribution < -0.4 is 15.0 Å². The fourth-order valence-electron chi connectivity index (χ4n) is 3.20. The molecule has 7 nitrogen and oxygen atoms in total. The van der Waals surface area contributed by atoms with Crippen molar-refractivity contribution < 1.29 is 9.47 Å². The lowest BCUT2D eigenvalue weighted by Gasteiger charge is -2.16. The molecule has 0 unspecified atom stereocenters. The first-order valence-electron chi connectivity index (χ1n) is 9.47. The standard InChI is InChI=1S/C21H25N5O2S/c1-25(2)16-9-7-15(8-10-16)20-22-12-19(28-20)13-29-21-24-23-14-26(21)17-5-4-6-18(11-17)27-3/h4-11,14,19-20,22H,12-13H2,1-3H3/t19-,20-/m1/s1. The van der Waals surface area contributed by atoms with Crippen LogP contribution in [-0.4, -0.2) is 54.4 Å². The van der Waals surface area contributed by atoms with Crippen molar-refractivity contribution in [2.24, 2.45) is 0 Å². The summed E-state index contributed by atoms with van der Waals surface area (Å²) in [6.45, 7) is 0.806. The van der Waals surface area contributed by atoms with Gasteiger partial charge >= 0.3 is 0 Å². The van der Waals surface area contributed by atoms with Crippen LogP contribution in [0, 0.1) is 0 Å². The highest BCUT2D eigenvalue weighted by atomic mass is 32.2. The highest BCUT2D eigenvalue weighted by Crippen LogP contribution is 2.28. The molecule has 1 saturated heterocycles. The SMILES string of the molecule is COc1cccc(-n2cnnc2SC[C@H]2CN[C@@H](c3ccc(N(C)C)cc3)O2)c1. The van der Waals surface area contributed by atoms with Gasteiger partial charge in [-0.15, -0.1) is 10.2 Å². The van der Waals surface area contributed by atoms with E-state index in [4.69, 9.17) is 9.47 Å². The maximum atomic E-state index is 6.21. The molecule has 1 aliphatic heterocycles. The Balaban J connectivity index is 1.37. The van der Waals surface area contributed by atoms with Crippen molar-refractivity contribution in [1.29, 1.82) is 0 Å². The molecule has 2 heterocycles. The molecule has 1 N–H and O–H groups in total. The van der Waals surface area contributed by atoms with E-state index in [2.05, 4.69) is 44.7 Å². The molecule has 3 aromatic rings. The summed E-state index contributed by atoms with van der Waals surface area (Å²) in [5.74, 6) is 1.60. The van der Waals surface area contributed by atoms with Crippen molar-refractivity contribution in [2.75, 3.05) is 38.4 Å². The van der Waals surface area contributed by atoms with Gasteiger partial charge in [0.2, 0.25) is 0 Å². The Bertz CT molecular complexity index is 944. The number of nitrogens with one attached hydrogen (secondary N) is 1. The molecule has 2 atom stereocenters. The Morgan fingerprint density at radius 2 is 2.07 bits per heavy atom. The van der Waals surface area contributed by atoms with Crippen molar-refractivity contribution in [3.05, 3.63) is 60.4 Å². The number of methoxy groups -OCH3 is 1. The fourth-order valence-corrected chi connectivity index (χ4v) is 4.12. The molecule has 2 aromatic carbocycles. The third-order valence-electron chi connectivity index (χ3n) is 4.82. The van der Waals surface area contributed by atoms with Crippen molar-refractivity contribution in [1.82, 2.24) is 20.1 Å². The Kier molecular flexibility index (Phi) is 6.03. The first-order chi connectivity index (χ1) is 14.1. The molecule has 0 aliphatic carbocycles. The van der Waals surface area contributed by atoms with Gasteiger partial charge in [0, 0.05) is 38.1 Å². The zero-order chi connectivity index (χ0) is 20.2. The molecule has 1 fully saturated rings. The molecule has 8 heteroatoms. The molecule has 4 rings (SSSR count). The van der Waals surface area contributed by atoms with Crippen LogP contribution in [0.1, 0.15) is 11.8 Å². The number of hydrogen-bond donors (Lipinski definition) is 1. The van der Waals surface area contributed by atoms with Crippen LogP contribution in [0.15, 0.2) is 60.0 Å². The molecule has 0 spiro atoms. The Morgan fingerprint density at radius 1 is 1.24 bits per heavy atom. The first-order valence-corrected chi connectivity index (χ1v) is 10.5. The van der Waals surface area contributed by atoms with Gasteiger partial charge in [-0.05, 0) is 29.8 Å². The number of ether oxygens (including phenoxy) is 2.